The van der Waals surface area contributed by atoms with Crippen LogP contribution < -0.4 is 11.3 Å². The van der Waals surface area contributed by atoms with E-state index in [1.165, 1.54) is 72.9 Å². The Labute approximate surface area is 433 Å². The van der Waals surface area contributed by atoms with Crippen LogP contribution in [0.2, 0.25) is 0 Å². The number of hydrogen-bond donors (Lipinski definition) is 0. The van der Waals surface area contributed by atoms with Gasteiger partial charge in [0.2, 0.25) is 0 Å². The quantitative estimate of drug-likeness (QED) is 0.118. The summed E-state index contributed by atoms with van der Waals surface area (Å²) in [6, 6.07) is 12.6. The van der Waals surface area contributed by atoms with E-state index in [1.807, 2.05) is 24.3 Å². The second-order valence-corrected chi connectivity index (χ2v) is 31.6. The fourth-order valence-electron chi connectivity index (χ4n) is 8.29. The van der Waals surface area contributed by atoms with Gasteiger partial charge in [-0.25, -0.2) is 0 Å². The second kappa shape index (κ2) is 22.5. The third kappa shape index (κ3) is 14.5. The second-order valence-electron chi connectivity index (χ2n) is 17.2. The fourth-order valence-corrected chi connectivity index (χ4v) is 24.7. The van der Waals surface area contributed by atoms with Gasteiger partial charge in [0, 0.05) is 0 Å². The van der Waals surface area contributed by atoms with Gasteiger partial charge in [0.05, 0.1) is 0 Å². The summed E-state index contributed by atoms with van der Waals surface area (Å²) in [5, 5.41) is 0. The van der Waals surface area contributed by atoms with Gasteiger partial charge in [0.15, 0.2) is 0 Å². The summed E-state index contributed by atoms with van der Waals surface area (Å²) in [6.45, 7) is 0. The molecule has 4 nitrogen and oxygen atoms in total. The number of benzene rings is 4. The predicted octanol–water partition coefficient (Wildman–Crippen LogP) is 17.9. The number of alkyl halides is 18. The minimum atomic E-state index is -5.67. The van der Waals surface area contributed by atoms with Crippen molar-refractivity contribution in [2.75, 3.05) is 0 Å². The summed E-state index contributed by atoms with van der Waals surface area (Å²) < 4.78 is 269. The molecule has 76 heavy (non-hydrogen) atoms. The molecule has 0 heterocycles. The van der Waals surface area contributed by atoms with Crippen molar-refractivity contribution in [1.29, 1.82) is 0 Å². The molecule has 0 atom stereocenters. The van der Waals surface area contributed by atoms with E-state index >= 15 is 0 Å². The van der Waals surface area contributed by atoms with E-state index in [1.54, 1.807) is 24.3 Å². The maximum atomic E-state index is 13.5. The molecule has 0 unspecified atom stereocenters. The molecule has 8 rings (SSSR count). The first-order valence-electron chi connectivity index (χ1n) is 22.4. The molecule has 0 radical (unpaired) electrons. The predicted molar refractivity (Wildman–Crippen MR) is 235 cm³/mol. The zero-order chi connectivity index (χ0) is 55.5. The molecule has 0 spiro atoms. The molecule has 4 aliphatic rings. The summed E-state index contributed by atoms with van der Waals surface area (Å²) in [4.78, 5) is 0. The van der Waals surface area contributed by atoms with Crippen LogP contribution in [0, 0.1) is 0 Å². The van der Waals surface area contributed by atoms with E-state index < -0.39 is 126 Å². The van der Waals surface area contributed by atoms with Crippen molar-refractivity contribution in [3.8, 4) is 23.0 Å². The van der Waals surface area contributed by atoms with Crippen LogP contribution in [0.5, 0.6) is 23.0 Å². The Morgan fingerprint density at radius 3 is 0.842 bits per heavy atom. The van der Waals surface area contributed by atoms with E-state index in [9.17, 15) is 79.0 Å². The van der Waals surface area contributed by atoms with Gasteiger partial charge >= 0.3 is 436 Å². The van der Waals surface area contributed by atoms with E-state index in [2.05, 4.69) is 0 Å². The molecule has 0 aliphatic heterocycles. The van der Waals surface area contributed by atoms with Gasteiger partial charge in [0.1, 0.15) is 0 Å². The van der Waals surface area contributed by atoms with Crippen molar-refractivity contribution in [1.82, 2.24) is 0 Å². The van der Waals surface area contributed by atoms with Crippen LogP contribution in [0.4, 0.5) is 79.0 Å². The van der Waals surface area contributed by atoms with Gasteiger partial charge in [-0.15, -0.1) is 0 Å². The molecule has 404 valence electrons. The van der Waals surface area contributed by atoms with Crippen molar-refractivity contribution in [3.63, 3.8) is 0 Å². The van der Waals surface area contributed by atoms with Crippen molar-refractivity contribution in [3.05, 3.63) is 204 Å². The maximum absolute atomic E-state index is 13.5. The Hall–Kier alpha value is -5.49. The Kier molecular flexibility index (Phi) is 17.2. The fraction of sp³-hybridized carbons (Fsp3) is 0.231. The van der Waals surface area contributed by atoms with Crippen LogP contribution >= 0.6 is 0 Å². The van der Waals surface area contributed by atoms with Crippen LogP contribution in [0.1, 0.15) is 59.1 Å². The summed E-state index contributed by atoms with van der Waals surface area (Å²) in [6.07, 6.45) is -11.7. The Morgan fingerprint density at radius 2 is 0.605 bits per heavy atom. The molecule has 0 fully saturated rings. The molecule has 0 N–H and O–H groups in total. The standard InChI is InChI=1S/2C8H4F6O.2C8H7F3O.4C5H5.2Zr/c2*9-7(10,11)4-1-5(8(12,13)14)3-6(15)2-4;2*9-8(10,11)5-6-3-1-2-4-7(6)12;4*1-2-4-5-3-1;;/h2*1-3,15H;2*1-4,12H,5H2;4*1-3H,4H2;;/q;;;;;;;;2*+2/p-4. The Morgan fingerprint density at radius 1 is 0.342 bits per heavy atom. The average molecular weight is 1250 g/mol. The van der Waals surface area contributed by atoms with E-state index in [4.69, 9.17) is 11.3 Å². The average Bonchev–Trinajstić information content (AvgIpc) is 4.18. The van der Waals surface area contributed by atoms with Crippen LogP contribution in [-0.4, -0.2) is 12.4 Å². The molecule has 4 aromatic carbocycles. The van der Waals surface area contributed by atoms with E-state index in [0.717, 1.165) is 6.56 Å². The first-order chi connectivity index (χ1) is 35.3. The number of hydrogen-bond acceptors (Lipinski definition) is 4. The molecule has 0 saturated carbocycles. The molecule has 4 aromatic rings. The van der Waals surface area contributed by atoms with Gasteiger partial charge in [-0.1, -0.05) is 0 Å². The van der Waals surface area contributed by atoms with E-state index in [-0.39, 0.29) is 78.4 Å². The Balaban J connectivity index is 0.000000224. The van der Waals surface area contributed by atoms with Crippen molar-refractivity contribution >= 4 is 0 Å². The summed E-state index contributed by atoms with van der Waals surface area (Å²) in [7, 11) is 0. The molecular formula is C52H38F18O4Zr2. The normalized spacial score (nSPS) is 16.0. The van der Waals surface area contributed by atoms with Gasteiger partial charge in [0.25, 0.3) is 0 Å². The number of rotatable bonds is 14. The number of allylic oxidation sites excluding steroid dienone is 16. The van der Waals surface area contributed by atoms with Crippen LogP contribution in [-0.2, 0) is 79.8 Å². The minimum absolute atomic E-state index is 0.0103. The van der Waals surface area contributed by atoms with Crippen molar-refractivity contribution in [2.45, 2.75) is 75.6 Å². The number of para-hydroxylation sites is 2. The zero-order valence-corrected chi connectivity index (χ0v) is 43.6. The van der Waals surface area contributed by atoms with Crippen molar-refractivity contribution in [2.24, 2.45) is 0 Å². The monoisotopic (exact) mass is 1250 g/mol. The number of halogens is 18. The molecule has 0 saturated heterocycles. The summed E-state index contributed by atoms with van der Waals surface area (Å²) in [5.41, 5.74) is -7.00. The summed E-state index contributed by atoms with van der Waals surface area (Å²) >= 11 is -10.5. The molecule has 0 amide bonds. The van der Waals surface area contributed by atoms with Crippen LogP contribution in [0.25, 0.3) is 0 Å². The molecule has 24 heteroatoms. The van der Waals surface area contributed by atoms with Gasteiger partial charge in [-0.2, -0.15) is 0 Å². The van der Waals surface area contributed by atoms with Gasteiger partial charge in [-0.05, 0) is 0 Å². The zero-order valence-electron chi connectivity index (χ0n) is 38.7. The molecule has 0 bridgehead atoms. The first-order valence-corrected chi connectivity index (χ1v) is 31.4. The third-order valence-electron chi connectivity index (χ3n) is 11.7. The molecular weight excluding hydrogens is 1210 g/mol. The Bertz CT molecular complexity index is 2770. The third-order valence-corrected chi connectivity index (χ3v) is 28.7. The van der Waals surface area contributed by atoms with Crippen LogP contribution in [0.15, 0.2) is 171 Å². The summed E-state index contributed by atoms with van der Waals surface area (Å²) in [5.74, 6) is -1.83. The SMILES string of the molecule is FC(F)(F)Cc1ccccc1[O][Zr]([O]c1ccccc1CC(F)(F)F)([C]1=CC=CC1)[C]1=CC=CC1.FC(F)(F)c1cc([O][Zr]([O]c2cc(C(F)(F)F)cc(C(F)(F)F)c2)([C]2=CC=CC2)[C]2=CC=CC2)cc(C(F)(F)F)c1. The van der Waals surface area contributed by atoms with Gasteiger partial charge in [-0.3, -0.25) is 0 Å². The van der Waals surface area contributed by atoms with E-state index in [0.29, 0.717) is 12.8 Å². The van der Waals surface area contributed by atoms with Gasteiger partial charge < -0.3 is 0 Å². The topological polar surface area (TPSA) is 36.9 Å². The van der Waals surface area contributed by atoms with Crippen LogP contribution in [0.3, 0.4) is 0 Å². The molecule has 0 aromatic heterocycles. The molecule has 4 aliphatic carbocycles. The first kappa shape index (κ1) is 58.2. The van der Waals surface area contributed by atoms with Crippen molar-refractivity contribution < 1.29 is 133 Å².